The van der Waals surface area contributed by atoms with Gasteiger partial charge < -0.3 is 20.1 Å². The van der Waals surface area contributed by atoms with E-state index in [4.69, 9.17) is 9.47 Å². The normalized spacial score (nSPS) is 26.3. The Kier molecular flexibility index (Phi) is 6.15. The molecule has 1 saturated heterocycles. The van der Waals surface area contributed by atoms with Crippen LogP contribution in [-0.2, 0) is 16.0 Å². The van der Waals surface area contributed by atoms with Crippen LogP contribution < -0.4 is 20.1 Å². The molecule has 2 N–H and O–H groups in total. The van der Waals surface area contributed by atoms with Crippen molar-refractivity contribution in [3.8, 4) is 11.5 Å². The summed E-state index contributed by atoms with van der Waals surface area (Å²) in [6.07, 6.45) is 7.27. The van der Waals surface area contributed by atoms with Crippen molar-refractivity contribution in [1.29, 1.82) is 0 Å². The van der Waals surface area contributed by atoms with Gasteiger partial charge in [-0.05, 0) is 54.7 Å². The van der Waals surface area contributed by atoms with Crippen LogP contribution in [0.15, 0.2) is 30.4 Å². The molecule has 0 spiro atoms. The smallest absolute Gasteiger partial charge is 0.324 e. The number of imide groups is 1. The summed E-state index contributed by atoms with van der Waals surface area (Å²) >= 11 is 0. The van der Waals surface area contributed by atoms with E-state index in [2.05, 4.69) is 22.8 Å². The molecule has 2 bridgehead atoms. The third-order valence-corrected chi connectivity index (χ3v) is 6.55. The summed E-state index contributed by atoms with van der Waals surface area (Å²) < 4.78 is 10.5. The molecule has 1 aromatic carbocycles. The minimum atomic E-state index is -0.808. The average Bonchev–Trinajstić information content (AvgIpc) is 3.46. The Bertz CT molecular complexity index is 899. The number of amides is 4. The Hall–Kier alpha value is -3.03. The lowest BCUT2D eigenvalue weighted by molar-refractivity contribution is -0.130. The zero-order chi connectivity index (χ0) is 22.0. The molecule has 4 amide bonds. The largest absolute Gasteiger partial charge is 0.493 e. The first-order chi connectivity index (χ1) is 15.0. The molecule has 1 saturated carbocycles. The van der Waals surface area contributed by atoms with Crippen molar-refractivity contribution < 1.29 is 23.9 Å². The quantitative estimate of drug-likeness (QED) is 0.463. The van der Waals surface area contributed by atoms with Crippen molar-refractivity contribution in [1.82, 2.24) is 15.5 Å². The van der Waals surface area contributed by atoms with Gasteiger partial charge in [0.15, 0.2) is 11.5 Å². The Morgan fingerprint density at radius 2 is 1.97 bits per heavy atom. The third kappa shape index (κ3) is 4.52. The number of fused-ring (bicyclic) bond motifs is 2. The number of hydrogen-bond donors (Lipinski definition) is 2. The Labute approximate surface area is 181 Å². The summed E-state index contributed by atoms with van der Waals surface area (Å²) in [5.41, 5.74) is 0.916. The van der Waals surface area contributed by atoms with Gasteiger partial charge in [0.2, 0.25) is 5.91 Å². The van der Waals surface area contributed by atoms with E-state index in [1.54, 1.807) is 20.3 Å². The van der Waals surface area contributed by atoms with Gasteiger partial charge in [0, 0.05) is 13.1 Å². The van der Waals surface area contributed by atoms with Gasteiger partial charge in [-0.1, -0.05) is 18.2 Å². The molecule has 1 heterocycles. The van der Waals surface area contributed by atoms with E-state index in [-0.39, 0.29) is 24.8 Å². The van der Waals surface area contributed by atoms with Crippen molar-refractivity contribution in [3.05, 3.63) is 35.9 Å². The lowest BCUT2D eigenvalue weighted by Gasteiger charge is -2.19. The molecule has 166 valence electrons. The molecule has 0 radical (unpaired) electrons. The molecule has 2 aliphatic carbocycles. The van der Waals surface area contributed by atoms with Crippen molar-refractivity contribution in [2.45, 2.75) is 31.7 Å². The fourth-order valence-electron chi connectivity index (χ4n) is 4.84. The molecule has 31 heavy (non-hydrogen) atoms. The number of allylic oxidation sites excluding steroid dienone is 2. The summed E-state index contributed by atoms with van der Waals surface area (Å²) in [6, 6.07) is 4.22. The van der Waals surface area contributed by atoms with Crippen LogP contribution in [0.1, 0.15) is 24.8 Å². The van der Waals surface area contributed by atoms with Gasteiger partial charge in [0.25, 0.3) is 5.91 Å². The second kappa shape index (κ2) is 8.99. The zero-order valence-corrected chi connectivity index (χ0v) is 17.9. The fraction of sp³-hybridized carbons (Fsp3) is 0.522. The van der Waals surface area contributed by atoms with Crippen LogP contribution in [0, 0.1) is 17.8 Å². The monoisotopic (exact) mass is 427 g/mol. The van der Waals surface area contributed by atoms with Crippen LogP contribution in [0.4, 0.5) is 4.79 Å². The Morgan fingerprint density at radius 3 is 2.65 bits per heavy atom. The number of nitrogens with one attached hydrogen (secondary N) is 2. The van der Waals surface area contributed by atoms with E-state index in [1.165, 1.54) is 11.3 Å². The highest BCUT2D eigenvalue weighted by Gasteiger charge is 2.39. The maximum atomic E-state index is 12.7. The number of rotatable bonds is 9. The molecule has 1 aromatic rings. The lowest BCUT2D eigenvalue weighted by atomic mass is 9.93. The summed E-state index contributed by atoms with van der Waals surface area (Å²) in [5.74, 6) is 2.35. The third-order valence-electron chi connectivity index (χ3n) is 6.55. The standard InChI is InChI=1S/C23H29N3O5/c1-30-19-6-4-14(11-20(19)31-2)7-8-26-22(28)18(25-23(26)29)12-21(27)24-13-17-10-15-3-5-16(17)9-15/h3-6,11,15-18H,7-10,12-13H2,1-2H3,(H,24,27)(H,25,29)/t15-,16-,17-,18+/m0/s1. The highest BCUT2D eigenvalue weighted by Crippen LogP contribution is 2.42. The van der Waals surface area contributed by atoms with E-state index in [0.717, 1.165) is 12.0 Å². The number of nitrogens with zero attached hydrogens (tertiary/aromatic N) is 1. The van der Waals surface area contributed by atoms with Gasteiger partial charge >= 0.3 is 6.03 Å². The van der Waals surface area contributed by atoms with Crippen molar-refractivity contribution in [2.24, 2.45) is 17.8 Å². The molecule has 4 rings (SSSR count). The molecule has 0 unspecified atom stereocenters. The number of carbonyl (C=O) groups is 3. The van der Waals surface area contributed by atoms with Crippen LogP contribution in [0.5, 0.6) is 11.5 Å². The minimum absolute atomic E-state index is 0.0336. The molecule has 4 atom stereocenters. The molecule has 8 heteroatoms. The van der Waals surface area contributed by atoms with Gasteiger partial charge in [-0.3, -0.25) is 14.5 Å². The first kappa shape index (κ1) is 21.2. The maximum Gasteiger partial charge on any atom is 0.324 e. The molecular formula is C23H29N3O5. The van der Waals surface area contributed by atoms with Gasteiger partial charge in [-0.25, -0.2) is 4.79 Å². The van der Waals surface area contributed by atoms with Crippen molar-refractivity contribution >= 4 is 17.8 Å². The van der Waals surface area contributed by atoms with Crippen molar-refractivity contribution in [3.63, 3.8) is 0 Å². The lowest BCUT2D eigenvalue weighted by Crippen LogP contribution is -2.38. The molecule has 1 aliphatic heterocycles. The molecular weight excluding hydrogens is 398 g/mol. The van der Waals surface area contributed by atoms with Crippen LogP contribution in [0.2, 0.25) is 0 Å². The van der Waals surface area contributed by atoms with E-state index in [0.29, 0.717) is 42.2 Å². The number of urea groups is 1. The van der Waals surface area contributed by atoms with Gasteiger partial charge in [-0.2, -0.15) is 0 Å². The van der Waals surface area contributed by atoms with E-state index in [1.807, 2.05) is 12.1 Å². The summed E-state index contributed by atoms with van der Waals surface area (Å²) in [7, 11) is 3.12. The minimum Gasteiger partial charge on any atom is -0.493 e. The zero-order valence-electron chi connectivity index (χ0n) is 17.9. The maximum absolute atomic E-state index is 12.7. The summed E-state index contributed by atoms with van der Waals surface area (Å²) in [6.45, 7) is 0.859. The van der Waals surface area contributed by atoms with E-state index < -0.39 is 12.1 Å². The summed E-state index contributed by atoms with van der Waals surface area (Å²) in [4.78, 5) is 38.5. The van der Waals surface area contributed by atoms with Crippen LogP contribution >= 0.6 is 0 Å². The van der Waals surface area contributed by atoms with Crippen LogP contribution in [0.25, 0.3) is 0 Å². The number of methoxy groups -OCH3 is 2. The number of hydrogen-bond acceptors (Lipinski definition) is 5. The highest BCUT2D eigenvalue weighted by molar-refractivity contribution is 6.05. The van der Waals surface area contributed by atoms with E-state index >= 15 is 0 Å². The highest BCUT2D eigenvalue weighted by atomic mass is 16.5. The topological polar surface area (TPSA) is 97.0 Å². The van der Waals surface area contributed by atoms with Crippen LogP contribution in [0.3, 0.4) is 0 Å². The van der Waals surface area contributed by atoms with Gasteiger partial charge in [0.1, 0.15) is 6.04 Å². The fourth-order valence-corrected chi connectivity index (χ4v) is 4.84. The summed E-state index contributed by atoms with van der Waals surface area (Å²) in [5, 5.41) is 5.58. The molecule has 2 fully saturated rings. The van der Waals surface area contributed by atoms with Gasteiger partial charge in [-0.15, -0.1) is 0 Å². The number of benzene rings is 1. The predicted octanol–water partition coefficient (Wildman–Crippen LogP) is 1.89. The molecule has 3 aliphatic rings. The van der Waals surface area contributed by atoms with Crippen molar-refractivity contribution in [2.75, 3.05) is 27.3 Å². The average molecular weight is 428 g/mol. The number of carbonyl (C=O) groups excluding carboxylic acids is 3. The number of ether oxygens (including phenoxy) is 2. The molecule has 8 nitrogen and oxygen atoms in total. The Morgan fingerprint density at radius 1 is 1.16 bits per heavy atom. The second-order valence-electron chi connectivity index (χ2n) is 8.48. The predicted molar refractivity (Wildman–Crippen MR) is 114 cm³/mol. The van der Waals surface area contributed by atoms with Gasteiger partial charge in [0.05, 0.1) is 20.6 Å². The van der Waals surface area contributed by atoms with Crippen LogP contribution in [-0.4, -0.2) is 56.1 Å². The molecule has 0 aromatic heterocycles. The first-order valence-corrected chi connectivity index (χ1v) is 10.8. The SMILES string of the molecule is COc1ccc(CCN2C(=O)N[C@H](CC(=O)NC[C@@H]3C[C@H]4C=C[C@H]3C4)C2=O)cc1OC. The Balaban J connectivity index is 1.26. The second-order valence-corrected chi connectivity index (χ2v) is 8.48. The first-order valence-electron chi connectivity index (χ1n) is 10.8. The van der Waals surface area contributed by atoms with E-state index in [9.17, 15) is 14.4 Å².